The zero-order valence-corrected chi connectivity index (χ0v) is 8.96. The van der Waals surface area contributed by atoms with Gasteiger partial charge in [0.1, 0.15) is 11.4 Å². The summed E-state index contributed by atoms with van der Waals surface area (Å²) in [7, 11) is 0. The van der Waals surface area contributed by atoms with Gasteiger partial charge in [0.2, 0.25) is 0 Å². The van der Waals surface area contributed by atoms with Crippen LogP contribution >= 0.6 is 0 Å². The Balaban J connectivity index is 2.15. The highest BCUT2D eigenvalue weighted by Gasteiger charge is 2.41. The lowest BCUT2D eigenvalue weighted by atomic mass is 9.74. The molecule has 0 amide bonds. The maximum Gasteiger partial charge on any atom is 0.124 e. The third kappa shape index (κ3) is 1.68. The largest absolute Gasteiger partial charge is 0.495 e. The fourth-order valence-corrected chi connectivity index (χ4v) is 2.56. The molecule has 2 rings (SSSR count). The summed E-state index contributed by atoms with van der Waals surface area (Å²) in [5.41, 5.74) is -0.654. The summed E-state index contributed by atoms with van der Waals surface area (Å²) in [6.07, 6.45) is 8.61. The molecule has 1 aliphatic carbocycles. The summed E-state index contributed by atoms with van der Waals surface area (Å²) in [5, 5.41) is 10.6. The van der Waals surface area contributed by atoms with Crippen molar-refractivity contribution < 1.29 is 9.84 Å². The lowest BCUT2D eigenvalue weighted by Crippen LogP contribution is -2.42. The van der Waals surface area contributed by atoms with Crippen LogP contribution in [-0.4, -0.2) is 17.3 Å². The molecule has 0 bridgehead atoms. The van der Waals surface area contributed by atoms with E-state index in [1.54, 1.807) is 0 Å². The van der Waals surface area contributed by atoms with E-state index in [1.165, 1.54) is 6.42 Å². The van der Waals surface area contributed by atoms with E-state index >= 15 is 0 Å². The van der Waals surface area contributed by atoms with Gasteiger partial charge >= 0.3 is 0 Å². The average Bonchev–Trinajstić information content (AvgIpc) is 2.24. The number of aliphatic hydroxyl groups is 1. The fraction of sp³-hybridized carbons (Fsp3) is 0.833. The molecule has 0 aromatic rings. The van der Waals surface area contributed by atoms with Crippen molar-refractivity contribution in [3.63, 3.8) is 0 Å². The maximum atomic E-state index is 10.6. The van der Waals surface area contributed by atoms with Gasteiger partial charge in [0.05, 0.1) is 6.61 Å². The van der Waals surface area contributed by atoms with Crippen LogP contribution in [-0.2, 0) is 4.74 Å². The lowest BCUT2D eigenvalue weighted by Gasteiger charge is -2.40. The van der Waals surface area contributed by atoms with Crippen LogP contribution in [0.25, 0.3) is 0 Å². The van der Waals surface area contributed by atoms with E-state index in [0.29, 0.717) is 5.92 Å². The summed E-state index contributed by atoms with van der Waals surface area (Å²) in [6, 6.07) is 0. The normalized spacial score (nSPS) is 38.7. The minimum Gasteiger partial charge on any atom is -0.495 e. The van der Waals surface area contributed by atoms with Crippen molar-refractivity contribution in [1.82, 2.24) is 0 Å². The minimum absolute atomic E-state index is 0.348. The average molecular weight is 196 g/mol. The van der Waals surface area contributed by atoms with Crippen molar-refractivity contribution in [2.75, 3.05) is 6.61 Å². The van der Waals surface area contributed by atoms with Crippen LogP contribution in [0.5, 0.6) is 0 Å². The molecule has 1 aliphatic heterocycles. The van der Waals surface area contributed by atoms with E-state index in [4.69, 9.17) is 4.74 Å². The highest BCUT2D eigenvalue weighted by atomic mass is 16.5. The molecule has 0 radical (unpaired) electrons. The van der Waals surface area contributed by atoms with Gasteiger partial charge in [0, 0.05) is 0 Å². The topological polar surface area (TPSA) is 29.5 Å². The zero-order chi connectivity index (χ0) is 10.0. The molecular weight excluding hydrogens is 176 g/mol. The Hall–Kier alpha value is -0.500. The first-order chi connectivity index (χ1) is 6.73. The van der Waals surface area contributed by atoms with E-state index < -0.39 is 5.60 Å². The molecule has 1 N–H and O–H groups in total. The van der Waals surface area contributed by atoms with Crippen LogP contribution in [0.3, 0.4) is 0 Å². The fourth-order valence-electron chi connectivity index (χ4n) is 2.56. The van der Waals surface area contributed by atoms with Crippen molar-refractivity contribution in [3.8, 4) is 0 Å². The predicted molar refractivity (Wildman–Crippen MR) is 55.9 cm³/mol. The number of allylic oxidation sites excluding steroid dienone is 1. The van der Waals surface area contributed by atoms with Gasteiger partial charge in [-0.05, 0) is 37.7 Å². The highest BCUT2D eigenvalue weighted by molar-refractivity contribution is 5.14. The monoisotopic (exact) mass is 196 g/mol. The van der Waals surface area contributed by atoms with Gasteiger partial charge in [0.15, 0.2) is 0 Å². The van der Waals surface area contributed by atoms with Crippen LogP contribution in [0.4, 0.5) is 0 Å². The van der Waals surface area contributed by atoms with Gasteiger partial charge < -0.3 is 9.84 Å². The quantitative estimate of drug-likeness (QED) is 0.698. The van der Waals surface area contributed by atoms with Crippen LogP contribution < -0.4 is 0 Å². The highest BCUT2D eigenvalue weighted by Crippen LogP contribution is 2.40. The van der Waals surface area contributed by atoms with Crippen LogP contribution in [0, 0.1) is 5.92 Å². The molecule has 2 heteroatoms. The summed E-state index contributed by atoms with van der Waals surface area (Å²) >= 11 is 0. The molecule has 0 spiro atoms. The summed E-state index contributed by atoms with van der Waals surface area (Å²) in [5.74, 6) is 1.21. The Kier molecular flexibility index (Phi) is 2.82. The van der Waals surface area contributed by atoms with E-state index in [9.17, 15) is 5.11 Å². The standard InChI is InChI=1S/C12H20O2/c1-10-6-2-4-8-12(10,13)11-7-3-5-9-14-11/h7,10,13H,2-6,8-9H2,1H3. The zero-order valence-electron chi connectivity index (χ0n) is 8.96. The Morgan fingerprint density at radius 2 is 2.29 bits per heavy atom. The first kappa shape index (κ1) is 10.0. The number of hydrogen-bond acceptors (Lipinski definition) is 2. The van der Waals surface area contributed by atoms with Gasteiger partial charge in [-0.1, -0.05) is 19.8 Å². The van der Waals surface area contributed by atoms with Crippen molar-refractivity contribution in [3.05, 3.63) is 11.8 Å². The van der Waals surface area contributed by atoms with Gasteiger partial charge in [0.25, 0.3) is 0 Å². The molecule has 1 saturated carbocycles. The van der Waals surface area contributed by atoms with Gasteiger partial charge in [-0.25, -0.2) is 0 Å². The molecule has 2 unspecified atom stereocenters. The molecule has 2 nitrogen and oxygen atoms in total. The van der Waals surface area contributed by atoms with Crippen molar-refractivity contribution in [1.29, 1.82) is 0 Å². The minimum atomic E-state index is -0.654. The van der Waals surface area contributed by atoms with Gasteiger partial charge in [-0.15, -0.1) is 0 Å². The van der Waals surface area contributed by atoms with E-state index in [2.05, 4.69) is 13.0 Å². The second-order valence-electron chi connectivity index (χ2n) is 4.63. The SMILES string of the molecule is CC1CCCCC1(O)C1=CCCCO1. The van der Waals surface area contributed by atoms with E-state index in [-0.39, 0.29) is 0 Å². The molecule has 0 aromatic heterocycles. The Morgan fingerprint density at radius 3 is 2.93 bits per heavy atom. The molecule has 14 heavy (non-hydrogen) atoms. The summed E-state index contributed by atoms with van der Waals surface area (Å²) in [4.78, 5) is 0. The van der Waals surface area contributed by atoms with Gasteiger partial charge in [-0.2, -0.15) is 0 Å². The molecule has 0 aromatic carbocycles. The van der Waals surface area contributed by atoms with E-state index in [1.807, 2.05) is 0 Å². The van der Waals surface area contributed by atoms with Crippen LogP contribution in [0.1, 0.15) is 45.4 Å². The Bertz CT molecular complexity index is 234. The first-order valence-electron chi connectivity index (χ1n) is 5.79. The molecule has 0 saturated heterocycles. The summed E-state index contributed by atoms with van der Waals surface area (Å²) in [6.45, 7) is 2.92. The predicted octanol–water partition coefficient (Wildman–Crippen LogP) is 2.62. The second kappa shape index (κ2) is 3.93. The van der Waals surface area contributed by atoms with Crippen molar-refractivity contribution >= 4 is 0 Å². The molecule has 1 fully saturated rings. The summed E-state index contributed by atoms with van der Waals surface area (Å²) < 4.78 is 5.60. The molecule has 2 aliphatic rings. The molecule has 1 heterocycles. The van der Waals surface area contributed by atoms with Crippen molar-refractivity contribution in [2.24, 2.45) is 5.92 Å². The second-order valence-corrected chi connectivity index (χ2v) is 4.63. The smallest absolute Gasteiger partial charge is 0.124 e. The Morgan fingerprint density at radius 1 is 1.43 bits per heavy atom. The molecular formula is C12H20O2. The lowest BCUT2D eigenvalue weighted by molar-refractivity contribution is -0.0576. The van der Waals surface area contributed by atoms with E-state index in [0.717, 1.165) is 44.5 Å². The molecule has 2 atom stereocenters. The van der Waals surface area contributed by atoms with Gasteiger partial charge in [-0.3, -0.25) is 0 Å². The number of hydrogen-bond donors (Lipinski definition) is 1. The molecule has 80 valence electrons. The first-order valence-corrected chi connectivity index (χ1v) is 5.79. The van der Waals surface area contributed by atoms with Crippen LogP contribution in [0.2, 0.25) is 0 Å². The van der Waals surface area contributed by atoms with Crippen molar-refractivity contribution in [2.45, 2.75) is 51.0 Å². The third-order valence-corrected chi connectivity index (χ3v) is 3.62. The number of ether oxygens (including phenoxy) is 1. The number of rotatable bonds is 1. The van der Waals surface area contributed by atoms with Crippen LogP contribution in [0.15, 0.2) is 11.8 Å². The maximum absolute atomic E-state index is 10.6. The Labute approximate surface area is 86.0 Å². The third-order valence-electron chi connectivity index (χ3n) is 3.62.